The van der Waals surface area contributed by atoms with Gasteiger partial charge in [-0.2, -0.15) is 0 Å². The van der Waals surface area contributed by atoms with Crippen LogP contribution >= 0.6 is 0 Å². The van der Waals surface area contributed by atoms with E-state index in [9.17, 15) is 13.2 Å². The molecular formula is C21H28N2O4S. The molecule has 0 aliphatic carbocycles. The molecule has 2 aromatic rings. The molecule has 0 radical (unpaired) electrons. The minimum atomic E-state index is -3.79. The van der Waals surface area contributed by atoms with Gasteiger partial charge in [0, 0.05) is 17.6 Å². The van der Waals surface area contributed by atoms with Crippen molar-refractivity contribution < 1.29 is 17.9 Å². The van der Waals surface area contributed by atoms with Gasteiger partial charge in [0.05, 0.1) is 7.11 Å². The Morgan fingerprint density at radius 1 is 1.07 bits per heavy atom. The fraction of sp³-hybridized carbons (Fsp3) is 0.381. The molecule has 0 aliphatic rings. The van der Waals surface area contributed by atoms with E-state index in [-0.39, 0.29) is 34.2 Å². The van der Waals surface area contributed by atoms with Crippen LogP contribution in [0.3, 0.4) is 0 Å². The summed E-state index contributed by atoms with van der Waals surface area (Å²) >= 11 is 0. The summed E-state index contributed by atoms with van der Waals surface area (Å²) in [6.07, 6.45) is 1.63. The Hall–Kier alpha value is -2.38. The number of ether oxygens (including phenoxy) is 1. The zero-order valence-corrected chi connectivity index (χ0v) is 17.5. The van der Waals surface area contributed by atoms with Gasteiger partial charge >= 0.3 is 0 Å². The number of hydrogen-bond acceptors (Lipinski definition) is 4. The number of hydrogen-bond donors (Lipinski definition) is 2. The lowest BCUT2D eigenvalue weighted by molar-refractivity contribution is 0.0938. The number of amides is 1. The van der Waals surface area contributed by atoms with E-state index in [1.807, 2.05) is 25.1 Å². The number of carbonyl (C=O) groups excluding carboxylic acids is 1. The first-order valence-corrected chi connectivity index (χ1v) is 10.8. The molecule has 7 heteroatoms. The van der Waals surface area contributed by atoms with Crippen LogP contribution < -0.4 is 14.8 Å². The molecule has 1 amide bonds. The van der Waals surface area contributed by atoms with E-state index >= 15 is 0 Å². The zero-order chi connectivity index (χ0) is 20.7. The Balaban J connectivity index is 2.11. The molecule has 2 aromatic carbocycles. The van der Waals surface area contributed by atoms with Gasteiger partial charge in [0.25, 0.3) is 5.91 Å². The predicted molar refractivity (Wildman–Crippen MR) is 110 cm³/mol. The van der Waals surface area contributed by atoms with Crippen molar-refractivity contribution in [3.8, 4) is 5.75 Å². The van der Waals surface area contributed by atoms with Crippen LogP contribution in [-0.2, 0) is 16.4 Å². The van der Waals surface area contributed by atoms with Gasteiger partial charge in [-0.3, -0.25) is 4.79 Å². The third-order valence-electron chi connectivity index (χ3n) is 4.19. The van der Waals surface area contributed by atoms with Gasteiger partial charge in [0.15, 0.2) is 0 Å². The maximum absolute atomic E-state index is 12.6. The van der Waals surface area contributed by atoms with Crippen LogP contribution in [-0.4, -0.2) is 33.5 Å². The van der Waals surface area contributed by atoms with Gasteiger partial charge in [-0.05, 0) is 57.4 Å². The summed E-state index contributed by atoms with van der Waals surface area (Å²) in [4.78, 5) is 12.6. The standard InChI is InChI=1S/C21H28N2O4S/c1-15(2)23-28(25,26)20-14-18(12-13-19(20)27-4)21(24)22-16(3)10-11-17-8-6-5-7-9-17/h5-9,12-16,23H,10-11H2,1-4H3,(H,22,24)/t16-/m1/s1. The van der Waals surface area contributed by atoms with Crippen molar-refractivity contribution in [3.63, 3.8) is 0 Å². The molecule has 0 fully saturated rings. The second kappa shape index (κ2) is 9.71. The summed E-state index contributed by atoms with van der Waals surface area (Å²) in [6.45, 7) is 5.40. The fourth-order valence-electron chi connectivity index (χ4n) is 2.81. The van der Waals surface area contributed by atoms with Gasteiger partial charge in [0.2, 0.25) is 10.0 Å². The van der Waals surface area contributed by atoms with Crippen LogP contribution in [0.4, 0.5) is 0 Å². The molecular weight excluding hydrogens is 376 g/mol. The van der Waals surface area contributed by atoms with Crippen molar-refractivity contribution in [2.75, 3.05) is 7.11 Å². The van der Waals surface area contributed by atoms with Crippen LogP contribution in [0.5, 0.6) is 5.75 Å². The number of benzene rings is 2. The van der Waals surface area contributed by atoms with Crippen molar-refractivity contribution in [1.29, 1.82) is 0 Å². The highest BCUT2D eigenvalue weighted by atomic mass is 32.2. The van der Waals surface area contributed by atoms with E-state index in [2.05, 4.69) is 22.2 Å². The Bertz CT molecular complexity index is 896. The van der Waals surface area contributed by atoms with Crippen molar-refractivity contribution in [2.24, 2.45) is 0 Å². The monoisotopic (exact) mass is 404 g/mol. The highest BCUT2D eigenvalue weighted by Crippen LogP contribution is 2.25. The first-order valence-electron chi connectivity index (χ1n) is 9.28. The maximum atomic E-state index is 12.6. The van der Waals surface area contributed by atoms with Crippen LogP contribution in [0.1, 0.15) is 43.1 Å². The lowest BCUT2D eigenvalue weighted by Gasteiger charge is -2.16. The predicted octanol–water partition coefficient (Wildman–Crippen LogP) is 3.13. The van der Waals surface area contributed by atoms with Gasteiger partial charge in [-0.15, -0.1) is 0 Å². The third kappa shape index (κ3) is 6.07. The van der Waals surface area contributed by atoms with Crippen molar-refractivity contribution in [3.05, 3.63) is 59.7 Å². The Kier molecular flexibility index (Phi) is 7.60. The lowest BCUT2D eigenvalue weighted by Crippen LogP contribution is -2.33. The van der Waals surface area contributed by atoms with Crippen LogP contribution in [0.15, 0.2) is 53.4 Å². The number of methoxy groups -OCH3 is 1. The zero-order valence-electron chi connectivity index (χ0n) is 16.7. The quantitative estimate of drug-likeness (QED) is 0.672. The summed E-state index contributed by atoms with van der Waals surface area (Å²) in [6, 6.07) is 14.1. The SMILES string of the molecule is COc1ccc(C(=O)N[C@H](C)CCc2ccccc2)cc1S(=O)(=O)NC(C)C. The van der Waals surface area contributed by atoms with E-state index in [1.54, 1.807) is 19.9 Å². The van der Waals surface area contributed by atoms with Gasteiger partial charge < -0.3 is 10.1 Å². The molecule has 28 heavy (non-hydrogen) atoms. The van der Waals surface area contributed by atoms with E-state index in [1.165, 1.54) is 24.8 Å². The fourth-order valence-corrected chi connectivity index (χ4v) is 4.25. The molecule has 1 atom stereocenters. The lowest BCUT2D eigenvalue weighted by atomic mass is 10.1. The second-order valence-corrected chi connectivity index (χ2v) is 8.72. The molecule has 2 rings (SSSR count). The molecule has 6 nitrogen and oxygen atoms in total. The molecule has 0 spiro atoms. The maximum Gasteiger partial charge on any atom is 0.251 e. The molecule has 0 unspecified atom stereocenters. The topological polar surface area (TPSA) is 84.5 Å². The first-order chi connectivity index (χ1) is 13.2. The Labute approximate surface area is 167 Å². The number of rotatable bonds is 9. The minimum Gasteiger partial charge on any atom is -0.495 e. The van der Waals surface area contributed by atoms with Crippen molar-refractivity contribution in [2.45, 2.75) is 50.6 Å². The molecule has 0 saturated carbocycles. The van der Waals surface area contributed by atoms with Crippen LogP contribution in [0, 0.1) is 0 Å². The molecule has 0 heterocycles. The largest absolute Gasteiger partial charge is 0.495 e. The van der Waals surface area contributed by atoms with E-state index in [4.69, 9.17) is 4.74 Å². The smallest absolute Gasteiger partial charge is 0.251 e. The summed E-state index contributed by atoms with van der Waals surface area (Å²) in [5.41, 5.74) is 1.48. The molecule has 152 valence electrons. The van der Waals surface area contributed by atoms with Crippen molar-refractivity contribution >= 4 is 15.9 Å². The van der Waals surface area contributed by atoms with Gasteiger partial charge in [0.1, 0.15) is 10.6 Å². The summed E-state index contributed by atoms with van der Waals surface area (Å²) in [5.74, 6) is -0.119. The average molecular weight is 405 g/mol. The summed E-state index contributed by atoms with van der Waals surface area (Å²) in [5, 5.41) is 2.93. The molecule has 0 aliphatic heterocycles. The van der Waals surface area contributed by atoms with Crippen molar-refractivity contribution in [1.82, 2.24) is 10.0 Å². The van der Waals surface area contributed by atoms with E-state index in [0.717, 1.165) is 12.8 Å². The number of carbonyl (C=O) groups is 1. The molecule has 0 aromatic heterocycles. The number of sulfonamides is 1. The highest BCUT2D eigenvalue weighted by Gasteiger charge is 2.22. The molecule has 0 saturated heterocycles. The van der Waals surface area contributed by atoms with Crippen LogP contribution in [0.2, 0.25) is 0 Å². The number of nitrogens with one attached hydrogen (secondary N) is 2. The molecule has 0 bridgehead atoms. The van der Waals surface area contributed by atoms with E-state index < -0.39 is 10.0 Å². The van der Waals surface area contributed by atoms with Gasteiger partial charge in [-0.25, -0.2) is 13.1 Å². The molecule has 2 N–H and O–H groups in total. The third-order valence-corrected chi connectivity index (χ3v) is 5.87. The second-order valence-electron chi connectivity index (χ2n) is 7.04. The summed E-state index contributed by atoms with van der Waals surface area (Å²) in [7, 11) is -2.39. The van der Waals surface area contributed by atoms with E-state index in [0.29, 0.717) is 0 Å². The highest BCUT2D eigenvalue weighted by molar-refractivity contribution is 7.89. The average Bonchev–Trinajstić information content (AvgIpc) is 2.65. The van der Waals surface area contributed by atoms with Gasteiger partial charge in [-0.1, -0.05) is 30.3 Å². The van der Waals surface area contributed by atoms with Crippen LogP contribution in [0.25, 0.3) is 0 Å². The summed E-state index contributed by atoms with van der Waals surface area (Å²) < 4.78 is 32.8. The Morgan fingerprint density at radius 3 is 2.36 bits per heavy atom. The first kappa shape index (κ1) is 21.9. The Morgan fingerprint density at radius 2 is 1.75 bits per heavy atom. The normalized spacial score (nSPS) is 12.6. The number of aryl methyl sites for hydroxylation is 1. The minimum absolute atomic E-state index is 0.0479.